The van der Waals surface area contributed by atoms with Crippen LogP contribution in [0.2, 0.25) is 5.02 Å². The van der Waals surface area contributed by atoms with E-state index >= 15 is 0 Å². The predicted octanol–water partition coefficient (Wildman–Crippen LogP) is 5.24. The summed E-state index contributed by atoms with van der Waals surface area (Å²) in [5.74, 6) is 0.425. The van der Waals surface area contributed by atoms with Gasteiger partial charge >= 0.3 is 0 Å². The van der Waals surface area contributed by atoms with Crippen LogP contribution in [0.3, 0.4) is 0 Å². The number of halogens is 2. The van der Waals surface area contributed by atoms with Gasteiger partial charge in [-0.05, 0) is 54.1 Å². The van der Waals surface area contributed by atoms with Crippen molar-refractivity contribution in [2.75, 3.05) is 11.9 Å². The summed E-state index contributed by atoms with van der Waals surface area (Å²) in [6, 6.07) is 22.6. The van der Waals surface area contributed by atoms with Gasteiger partial charge < -0.3 is 10.1 Å². The lowest BCUT2D eigenvalue weighted by Crippen LogP contribution is -2.25. The molecular weight excluding hydrogens is 454 g/mol. The van der Waals surface area contributed by atoms with Crippen LogP contribution in [0.5, 0.6) is 5.75 Å². The van der Waals surface area contributed by atoms with Crippen LogP contribution in [0.4, 0.5) is 5.69 Å². The van der Waals surface area contributed by atoms with Crippen molar-refractivity contribution in [1.82, 2.24) is 5.43 Å². The van der Waals surface area contributed by atoms with Crippen molar-refractivity contribution in [3.8, 4) is 5.75 Å². The molecule has 3 aromatic carbocycles. The first-order valence-corrected chi connectivity index (χ1v) is 10.0. The van der Waals surface area contributed by atoms with Crippen LogP contribution in [-0.2, 0) is 11.4 Å². The number of anilines is 1. The average molecular weight is 473 g/mol. The summed E-state index contributed by atoms with van der Waals surface area (Å²) in [4.78, 5) is 12.0. The van der Waals surface area contributed by atoms with E-state index in [0.29, 0.717) is 17.4 Å². The van der Waals surface area contributed by atoms with Gasteiger partial charge in [0.05, 0.1) is 12.8 Å². The van der Waals surface area contributed by atoms with E-state index in [1.807, 2.05) is 48.5 Å². The second-order valence-electron chi connectivity index (χ2n) is 6.11. The minimum atomic E-state index is -0.260. The topological polar surface area (TPSA) is 62.7 Å². The first-order valence-electron chi connectivity index (χ1n) is 8.88. The van der Waals surface area contributed by atoms with Gasteiger partial charge in [-0.2, -0.15) is 5.10 Å². The number of hydrazone groups is 1. The maximum absolute atomic E-state index is 12.0. The molecule has 0 fully saturated rings. The first-order chi connectivity index (χ1) is 14.1. The monoisotopic (exact) mass is 471 g/mol. The molecule has 0 spiro atoms. The number of hydrogen-bond acceptors (Lipinski definition) is 4. The Bertz CT molecular complexity index is 993. The molecule has 0 radical (unpaired) electrons. The van der Waals surface area contributed by atoms with Crippen molar-refractivity contribution in [3.63, 3.8) is 0 Å². The van der Waals surface area contributed by atoms with Crippen molar-refractivity contribution < 1.29 is 9.53 Å². The lowest BCUT2D eigenvalue weighted by Gasteiger charge is -2.09. The zero-order chi connectivity index (χ0) is 20.5. The number of amides is 1. The quantitative estimate of drug-likeness (QED) is 0.348. The van der Waals surface area contributed by atoms with Crippen LogP contribution in [0, 0.1) is 0 Å². The van der Waals surface area contributed by atoms with E-state index < -0.39 is 0 Å². The molecule has 0 saturated heterocycles. The molecular formula is C22H19BrClN3O2. The fourth-order valence-electron chi connectivity index (χ4n) is 2.47. The Hall–Kier alpha value is -2.83. The minimum Gasteiger partial charge on any atom is -0.488 e. The van der Waals surface area contributed by atoms with Crippen molar-refractivity contribution in [1.29, 1.82) is 0 Å². The first kappa shape index (κ1) is 20.9. The standard InChI is InChI=1S/C22H19BrClN3O2/c23-18-6-3-4-16(12-18)15-29-21-7-2-1-5-17(21)13-26-27-22(28)14-25-20-10-8-19(24)9-11-20/h1-13,25H,14-15H2,(H,27,28)/b26-13+. The number of rotatable bonds is 8. The van der Waals surface area contributed by atoms with Crippen molar-refractivity contribution in [2.24, 2.45) is 5.10 Å². The molecule has 0 aliphatic carbocycles. The summed E-state index contributed by atoms with van der Waals surface area (Å²) in [6.45, 7) is 0.529. The fourth-order valence-corrected chi connectivity index (χ4v) is 3.04. The lowest BCUT2D eigenvalue weighted by molar-refractivity contribution is -0.119. The van der Waals surface area contributed by atoms with Crippen LogP contribution < -0.4 is 15.5 Å². The van der Waals surface area contributed by atoms with Crippen molar-refractivity contribution in [3.05, 3.63) is 93.4 Å². The molecule has 7 heteroatoms. The molecule has 0 aliphatic rings. The Balaban J connectivity index is 1.52. The van der Waals surface area contributed by atoms with Crippen LogP contribution in [0.1, 0.15) is 11.1 Å². The van der Waals surface area contributed by atoms with Crippen molar-refractivity contribution >= 4 is 45.3 Å². The largest absolute Gasteiger partial charge is 0.488 e. The number of nitrogens with zero attached hydrogens (tertiary/aromatic N) is 1. The van der Waals surface area contributed by atoms with Gasteiger partial charge in [-0.15, -0.1) is 0 Å². The maximum Gasteiger partial charge on any atom is 0.259 e. The molecule has 5 nitrogen and oxygen atoms in total. The van der Waals surface area contributed by atoms with Gasteiger partial charge in [0.2, 0.25) is 0 Å². The normalized spacial score (nSPS) is 10.7. The van der Waals surface area contributed by atoms with E-state index in [4.69, 9.17) is 16.3 Å². The van der Waals surface area contributed by atoms with Gasteiger partial charge in [-0.25, -0.2) is 5.43 Å². The van der Waals surface area contributed by atoms with E-state index in [-0.39, 0.29) is 12.5 Å². The Morgan fingerprint density at radius 2 is 1.86 bits per heavy atom. The molecule has 0 atom stereocenters. The molecule has 148 valence electrons. The zero-order valence-electron chi connectivity index (χ0n) is 15.4. The number of nitrogens with one attached hydrogen (secondary N) is 2. The molecule has 0 aliphatic heterocycles. The van der Waals surface area contributed by atoms with Crippen LogP contribution >= 0.6 is 27.5 Å². The highest BCUT2D eigenvalue weighted by Gasteiger charge is 2.03. The average Bonchev–Trinajstić information content (AvgIpc) is 2.73. The molecule has 2 N–H and O–H groups in total. The Morgan fingerprint density at radius 1 is 1.07 bits per heavy atom. The number of hydrogen-bond donors (Lipinski definition) is 2. The maximum atomic E-state index is 12.0. The Labute approximate surface area is 182 Å². The highest BCUT2D eigenvalue weighted by Crippen LogP contribution is 2.19. The van der Waals surface area contributed by atoms with E-state index in [1.54, 1.807) is 30.5 Å². The van der Waals surface area contributed by atoms with Gasteiger partial charge in [0.1, 0.15) is 12.4 Å². The third-order valence-corrected chi connectivity index (χ3v) is 4.64. The van der Waals surface area contributed by atoms with Crippen LogP contribution in [0.15, 0.2) is 82.4 Å². The highest BCUT2D eigenvalue weighted by molar-refractivity contribution is 9.10. The van der Waals surface area contributed by atoms with Gasteiger partial charge in [-0.3, -0.25) is 4.79 Å². The summed E-state index contributed by atoms with van der Waals surface area (Å²) in [7, 11) is 0. The van der Waals surface area contributed by atoms with E-state index in [9.17, 15) is 4.79 Å². The smallest absolute Gasteiger partial charge is 0.259 e. The Kier molecular flexibility index (Phi) is 7.67. The van der Waals surface area contributed by atoms with Gasteiger partial charge in [0, 0.05) is 20.7 Å². The summed E-state index contributed by atoms with van der Waals surface area (Å²) >= 11 is 9.29. The number of carbonyl (C=O) groups excluding carboxylic acids is 1. The lowest BCUT2D eigenvalue weighted by atomic mass is 10.2. The molecule has 29 heavy (non-hydrogen) atoms. The molecule has 3 rings (SSSR count). The summed E-state index contributed by atoms with van der Waals surface area (Å²) in [5.41, 5.74) is 5.13. The van der Waals surface area contributed by atoms with Crippen molar-refractivity contribution in [2.45, 2.75) is 6.61 Å². The molecule has 0 heterocycles. The third kappa shape index (κ3) is 6.93. The molecule has 0 aromatic heterocycles. The third-order valence-electron chi connectivity index (χ3n) is 3.89. The van der Waals surface area contributed by atoms with Crippen LogP contribution in [-0.4, -0.2) is 18.7 Å². The van der Waals surface area contributed by atoms with Gasteiger partial charge in [-0.1, -0.05) is 51.8 Å². The molecule has 0 unspecified atom stereocenters. The number of benzene rings is 3. The Morgan fingerprint density at radius 3 is 2.66 bits per heavy atom. The number of para-hydroxylation sites is 1. The highest BCUT2D eigenvalue weighted by atomic mass is 79.9. The molecule has 3 aromatic rings. The van der Waals surface area contributed by atoms with E-state index in [2.05, 4.69) is 31.8 Å². The van der Waals surface area contributed by atoms with E-state index in [1.165, 1.54) is 0 Å². The summed E-state index contributed by atoms with van der Waals surface area (Å²) < 4.78 is 6.91. The molecule has 1 amide bonds. The number of carbonyl (C=O) groups is 1. The fraction of sp³-hybridized carbons (Fsp3) is 0.0909. The van der Waals surface area contributed by atoms with Gasteiger partial charge in [0.15, 0.2) is 0 Å². The zero-order valence-corrected chi connectivity index (χ0v) is 17.8. The minimum absolute atomic E-state index is 0.0972. The molecule has 0 saturated carbocycles. The summed E-state index contributed by atoms with van der Waals surface area (Å²) in [6.07, 6.45) is 1.57. The molecule has 0 bridgehead atoms. The SMILES string of the molecule is O=C(CNc1ccc(Cl)cc1)N/N=C/c1ccccc1OCc1cccc(Br)c1. The second-order valence-corrected chi connectivity index (χ2v) is 7.46. The van der Waals surface area contributed by atoms with E-state index in [0.717, 1.165) is 21.3 Å². The van der Waals surface area contributed by atoms with Gasteiger partial charge in [0.25, 0.3) is 5.91 Å². The number of ether oxygens (including phenoxy) is 1. The predicted molar refractivity (Wildman–Crippen MR) is 121 cm³/mol. The second kappa shape index (κ2) is 10.6. The van der Waals surface area contributed by atoms with Crippen LogP contribution in [0.25, 0.3) is 0 Å². The summed E-state index contributed by atoms with van der Waals surface area (Å²) in [5, 5.41) is 7.67.